The molecule has 1 aromatic carbocycles. The summed E-state index contributed by atoms with van der Waals surface area (Å²) in [5.41, 5.74) is -1.57. The SMILES string of the molecule is O=[N+]([O-])c1cccc(C(F)(F)c2ccnc(Cl)n2)c1. The van der Waals surface area contributed by atoms with Gasteiger partial charge in [-0.25, -0.2) is 9.97 Å². The highest BCUT2D eigenvalue weighted by atomic mass is 35.5. The Labute approximate surface area is 111 Å². The summed E-state index contributed by atoms with van der Waals surface area (Å²) in [6, 6.07) is 5.21. The van der Waals surface area contributed by atoms with E-state index in [0.717, 1.165) is 30.5 Å². The predicted octanol–water partition coefficient (Wildman–Crippen LogP) is 3.18. The van der Waals surface area contributed by atoms with Gasteiger partial charge in [0.15, 0.2) is 0 Å². The van der Waals surface area contributed by atoms with Gasteiger partial charge in [0.2, 0.25) is 5.28 Å². The lowest BCUT2D eigenvalue weighted by Gasteiger charge is -2.15. The van der Waals surface area contributed by atoms with Crippen LogP contribution in [0.2, 0.25) is 5.28 Å². The smallest absolute Gasteiger partial charge is 0.258 e. The van der Waals surface area contributed by atoms with E-state index in [1.54, 1.807) is 0 Å². The average molecular weight is 286 g/mol. The second kappa shape index (κ2) is 4.85. The van der Waals surface area contributed by atoms with Crippen molar-refractivity contribution in [2.24, 2.45) is 0 Å². The molecule has 19 heavy (non-hydrogen) atoms. The lowest BCUT2D eigenvalue weighted by molar-refractivity contribution is -0.385. The molecule has 0 amide bonds. The Balaban J connectivity index is 2.50. The highest BCUT2D eigenvalue weighted by Gasteiger charge is 2.37. The summed E-state index contributed by atoms with van der Waals surface area (Å²) in [7, 11) is 0. The number of rotatable bonds is 3. The van der Waals surface area contributed by atoms with E-state index in [-0.39, 0.29) is 5.28 Å². The number of nitro benzene ring substituents is 1. The molecule has 98 valence electrons. The number of hydrogen-bond acceptors (Lipinski definition) is 4. The summed E-state index contributed by atoms with van der Waals surface area (Å²) < 4.78 is 28.3. The standard InChI is InChI=1S/C11H6ClF2N3O2/c12-10-15-5-4-9(16-10)11(13,14)7-2-1-3-8(6-7)17(18)19/h1-6H. The van der Waals surface area contributed by atoms with Gasteiger partial charge in [0.25, 0.3) is 5.69 Å². The van der Waals surface area contributed by atoms with Crippen molar-refractivity contribution in [3.05, 3.63) is 63.2 Å². The lowest BCUT2D eigenvalue weighted by atomic mass is 10.0. The van der Waals surface area contributed by atoms with Crippen LogP contribution in [0.4, 0.5) is 14.5 Å². The van der Waals surface area contributed by atoms with E-state index in [2.05, 4.69) is 9.97 Å². The summed E-state index contributed by atoms with van der Waals surface area (Å²) in [4.78, 5) is 16.8. The first-order valence-electron chi connectivity index (χ1n) is 5.03. The van der Waals surface area contributed by atoms with Crippen LogP contribution in [0.25, 0.3) is 0 Å². The molecule has 0 aliphatic rings. The van der Waals surface area contributed by atoms with E-state index < -0.39 is 27.8 Å². The number of benzene rings is 1. The third-order valence-electron chi connectivity index (χ3n) is 2.37. The zero-order chi connectivity index (χ0) is 14.0. The van der Waals surface area contributed by atoms with Crippen molar-refractivity contribution in [3.8, 4) is 0 Å². The monoisotopic (exact) mass is 285 g/mol. The second-order valence-electron chi connectivity index (χ2n) is 3.59. The van der Waals surface area contributed by atoms with Gasteiger partial charge in [-0.2, -0.15) is 8.78 Å². The normalized spacial score (nSPS) is 11.3. The first-order valence-corrected chi connectivity index (χ1v) is 5.41. The molecule has 0 unspecified atom stereocenters. The fourth-order valence-corrected chi connectivity index (χ4v) is 1.62. The van der Waals surface area contributed by atoms with E-state index in [4.69, 9.17) is 11.6 Å². The molecule has 5 nitrogen and oxygen atoms in total. The Kier molecular flexibility index (Phi) is 3.39. The molecule has 0 N–H and O–H groups in total. The van der Waals surface area contributed by atoms with Crippen molar-refractivity contribution < 1.29 is 13.7 Å². The zero-order valence-corrected chi connectivity index (χ0v) is 10.0. The number of alkyl halides is 2. The Bertz CT molecular complexity index is 637. The molecule has 0 atom stereocenters. The van der Waals surface area contributed by atoms with Crippen molar-refractivity contribution >= 4 is 17.3 Å². The van der Waals surface area contributed by atoms with E-state index >= 15 is 0 Å². The fourth-order valence-electron chi connectivity index (χ4n) is 1.47. The molecular formula is C11H6ClF2N3O2. The van der Waals surface area contributed by atoms with Gasteiger partial charge in [0.05, 0.1) is 4.92 Å². The molecule has 0 aliphatic heterocycles. The molecule has 2 rings (SSSR count). The Morgan fingerprint density at radius 1 is 1.32 bits per heavy atom. The van der Waals surface area contributed by atoms with Gasteiger partial charge < -0.3 is 0 Å². The summed E-state index contributed by atoms with van der Waals surface area (Å²) in [5, 5.41) is 10.3. The molecule has 0 aliphatic carbocycles. The van der Waals surface area contributed by atoms with Crippen LogP contribution in [-0.2, 0) is 5.92 Å². The van der Waals surface area contributed by atoms with Gasteiger partial charge in [0.1, 0.15) is 5.69 Å². The van der Waals surface area contributed by atoms with Crippen molar-refractivity contribution in [2.75, 3.05) is 0 Å². The van der Waals surface area contributed by atoms with Crippen LogP contribution in [0.3, 0.4) is 0 Å². The van der Waals surface area contributed by atoms with Crippen LogP contribution in [-0.4, -0.2) is 14.9 Å². The van der Waals surface area contributed by atoms with Gasteiger partial charge in [-0.15, -0.1) is 0 Å². The van der Waals surface area contributed by atoms with E-state index in [1.165, 1.54) is 6.07 Å². The van der Waals surface area contributed by atoms with E-state index in [1.807, 2.05) is 0 Å². The number of aromatic nitrogens is 2. The molecule has 0 saturated heterocycles. The highest BCUT2D eigenvalue weighted by Crippen LogP contribution is 2.35. The summed E-state index contributed by atoms with van der Waals surface area (Å²) in [6.07, 6.45) is 1.09. The van der Waals surface area contributed by atoms with Crippen molar-refractivity contribution in [1.29, 1.82) is 0 Å². The van der Waals surface area contributed by atoms with Crippen LogP contribution < -0.4 is 0 Å². The number of non-ortho nitro benzene ring substituents is 1. The fraction of sp³-hybridized carbons (Fsp3) is 0.0909. The number of hydrogen-bond donors (Lipinski definition) is 0. The molecule has 0 radical (unpaired) electrons. The van der Waals surface area contributed by atoms with E-state index in [9.17, 15) is 18.9 Å². The van der Waals surface area contributed by atoms with Gasteiger partial charge in [-0.05, 0) is 17.7 Å². The Hall–Kier alpha value is -2.15. The highest BCUT2D eigenvalue weighted by molar-refractivity contribution is 6.28. The second-order valence-corrected chi connectivity index (χ2v) is 3.93. The topological polar surface area (TPSA) is 68.9 Å². The summed E-state index contributed by atoms with van der Waals surface area (Å²) in [6.45, 7) is 0. The summed E-state index contributed by atoms with van der Waals surface area (Å²) in [5.74, 6) is -3.49. The predicted molar refractivity (Wildman–Crippen MR) is 63.1 cm³/mol. The van der Waals surface area contributed by atoms with Crippen LogP contribution >= 0.6 is 11.6 Å². The van der Waals surface area contributed by atoms with Gasteiger partial charge >= 0.3 is 5.92 Å². The minimum atomic E-state index is -3.49. The van der Waals surface area contributed by atoms with Crippen LogP contribution in [0, 0.1) is 10.1 Å². The van der Waals surface area contributed by atoms with Crippen molar-refractivity contribution in [2.45, 2.75) is 5.92 Å². The maximum atomic E-state index is 14.1. The Morgan fingerprint density at radius 3 is 2.68 bits per heavy atom. The third-order valence-corrected chi connectivity index (χ3v) is 2.55. The molecule has 0 bridgehead atoms. The molecule has 2 aromatic rings. The molecule has 1 aromatic heterocycles. The molecule has 0 spiro atoms. The molecular weight excluding hydrogens is 280 g/mol. The molecule has 0 fully saturated rings. The lowest BCUT2D eigenvalue weighted by Crippen LogP contribution is -2.17. The minimum Gasteiger partial charge on any atom is -0.258 e. The van der Waals surface area contributed by atoms with Crippen LogP contribution in [0.1, 0.15) is 11.3 Å². The minimum absolute atomic E-state index is 0.317. The molecule has 0 saturated carbocycles. The van der Waals surface area contributed by atoms with Crippen LogP contribution in [0.5, 0.6) is 0 Å². The van der Waals surface area contributed by atoms with Crippen LogP contribution in [0.15, 0.2) is 36.5 Å². The quantitative estimate of drug-likeness (QED) is 0.493. The van der Waals surface area contributed by atoms with Gasteiger partial charge in [-0.1, -0.05) is 12.1 Å². The number of nitro groups is 1. The maximum Gasteiger partial charge on any atom is 0.315 e. The van der Waals surface area contributed by atoms with Gasteiger partial charge in [-0.3, -0.25) is 10.1 Å². The third kappa shape index (κ3) is 2.65. The van der Waals surface area contributed by atoms with Crippen molar-refractivity contribution in [3.63, 3.8) is 0 Å². The Morgan fingerprint density at radius 2 is 2.05 bits per heavy atom. The number of halogens is 3. The molecule has 1 heterocycles. The largest absolute Gasteiger partial charge is 0.315 e. The molecule has 8 heteroatoms. The first-order chi connectivity index (χ1) is 8.91. The maximum absolute atomic E-state index is 14.1. The average Bonchev–Trinajstić information content (AvgIpc) is 2.39. The number of nitrogens with zero attached hydrogens (tertiary/aromatic N) is 3. The summed E-state index contributed by atoms with van der Waals surface area (Å²) >= 11 is 5.46. The first kappa shape index (κ1) is 13.3. The van der Waals surface area contributed by atoms with Crippen molar-refractivity contribution in [1.82, 2.24) is 9.97 Å². The van der Waals surface area contributed by atoms with E-state index in [0.29, 0.717) is 0 Å². The zero-order valence-electron chi connectivity index (χ0n) is 9.26. The van der Waals surface area contributed by atoms with Gasteiger partial charge in [0, 0.05) is 23.9 Å².